The summed E-state index contributed by atoms with van der Waals surface area (Å²) in [5.41, 5.74) is 2.55. The first-order valence-corrected chi connectivity index (χ1v) is 14.8. The van der Waals surface area contributed by atoms with Gasteiger partial charge < -0.3 is 14.7 Å². The summed E-state index contributed by atoms with van der Waals surface area (Å²) in [6, 6.07) is 10.2. The minimum Gasteiger partial charge on any atom is -0.368 e. The Hall–Kier alpha value is -3.46. The average Bonchev–Trinajstić information content (AvgIpc) is 3.40. The van der Waals surface area contributed by atoms with E-state index in [1.807, 2.05) is 21.4 Å². The van der Waals surface area contributed by atoms with Crippen LogP contribution in [0.1, 0.15) is 25.3 Å². The summed E-state index contributed by atoms with van der Waals surface area (Å²) >= 11 is 0.102. The van der Waals surface area contributed by atoms with Crippen LogP contribution in [-0.4, -0.2) is 68.2 Å². The summed E-state index contributed by atoms with van der Waals surface area (Å²) in [6.07, 6.45) is -3.09. The monoisotopic (exact) mass is 600 g/mol. The first kappa shape index (κ1) is 28.1. The van der Waals surface area contributed by atoms with Crippen molar-refractivity contribution in [2.45, 2.75) is 36.9 Å². The lowest BCUT2D eigenvalue weighted by Gasteiger charge is -2.41. The molecule has 1 fully saturated rings. The Morgan fingerprint density at radius 2 is 1.75 bits per heavy atom. The lowest BCUT2D eigenvalue weighted by molar-refractivity contribution is -0.138. The molecule has 0 spiro atoms. The Labute approximate surface area is 233 Å². The van der Waals surface area contributed by atoms with Crippen LogP contribution in [0.2, 0.25) is 0 Å². The minimum absolute atomic E-state index is 0. The lowest BCUT2D eigenvalue weighted by Crippen LogP contribution is -2.55. The van der Waals surface area contributed by atoms with E-state index in [9.17, 15) is 30.8 Å². The predicted molar refractivity (Wildman–Crippen MR) is 145 cm³/mol. The molecule has 1 N–H and O–H groups in total. The summed E-state index contributed by atoms with van der Waals surface area (Å²) in [5.74, 6) is -0.288. The maximum absolute atomic E-state index is 13.7. The van der Waals surface area contributed by atoms with Crippen LogP contribution in [0.3, 0.4) is 0 Å². The summed E-state index contributed by atoms with van der Waals surface area (Å²) in [7, 11) is -4.16. The van der Waals surface area contributed by atoms with Crippen molar-refractivity contribution in [2.75, 3.05) is 47.2 Å². The first-order chi connectivity index (χ1) is 18.9. The second-order valence-electron chi connectivity index (χ2n) is 9.57. The molecule has 3 aromatic rings. The Morgan fingerprint density at radius 3 is 2.40 bits per heavy atom. The summed E-state index contributed by atoms with van der Waals surface area (Å²) in [6.45, 7) is 4.62. The quantitative estimate of drug-likeness (QED) is 0.423. The number of nitrogens with zero attached hydrogens (tertiary/aromatic N) is 5. The number of hydrogen-bond acceptors (Lipinski definition) is 8. The number of benzene rings is 2. The lowest BCUT2D eigenvalue weighted by atomic mass is 9.99. The molecule has 0 aliphatic carbocycles. The van der Waals surface area contributed by atoms with Crippen molar-refractivity contribution in [1.29, 1.82) is 0 Å². The van der Waals surface area contributed by atoms with Gasteiger partial charge in [-0.2, -0.15) is 13.2 Å². The molecule has 2 aliphatic heterocycles. The van der Waals surface area contributed by atoms with Crippen LogP contribution in [0.4, 0.5) is 34.1 Å². The van der Waals surface area contributed by atoms with Gasteiger partial charge >= 0.3 is 6.18 Å². The number of amides is 1. The Kier molecular flexibility index (Phi) is 7.61. The Bertz CT molecular complexity index is 1500. The average molecular weight is 601 g/mol. The maximum Gasteiger partial charge on any atom is 0.445 e. The van der Waals surface area contributed by atoms with Crippen LogP contribution in [0, 0.1) is 5.82 Å². The number of hydrogen-bond donors (Lipinski definition) is 1. The van der Waals surface area contributed by atoms with Crippen LogP contribution in [0.25, 0.3) is 0 Å². The van der Waals surface area contributed by atoms with Gasteiger partial charge in [-0.25, -0.2) is 12.8 Å². The van der Waals surface area contributed by atoms with Crippen molar-refractivity contribution in [3.05, 3.63) is 58.9 Å². The highest BCUT2D eigenvalue weighted by Crippen LogP contribution is 2.34. The van der Waals surface area contributed by atoms with Crippen molar-refractivity contribution < 1.29 is 32.2 Å². The Morgan fingerprint density at radius 1 is 1.05 bits per heavy atom. The van der Waals surface area contributed by atoms with E-state index in [-0.39, 0.29) is 29.4 Å². The van der Waals surface area contributed by atoms with Gasteiger partial charge in [-0.3, -0.25) is 9.52 Å². The second-order valence-corrected chi connectivity index (χ2v) is 12.2. The largest absolute Gasteiger partial charge is 0.445 e. The molecule has 40 heavy (non-hydrogen) atoms. The van der Waals surface area contributed by atoms with Crippen molar-refractivity contribution in [3.63, 3.8) is 0 Å². The van der Waals surface area contributed by atoms with Gasteiger partial charge in [0.25, 0.3) is 10.0 Å². The van der Waals surface area contributed by atoms with E-state index < -0.39 is 32.4 Å². The number of carbonyl (C=O) groups is 1. The number of halogens is 4. The number of nitrogens with one attached hydrogen (secondary N) is 1. The molecule has 9 nitrogen and oxygen atoms in total. The third-order valence-corrected chi connectivity index (χ3v) is 9.38. The number of sulfonamides is 1. The minimum atomic E-state index is -4.71. The van der Waals surface area contributed by atoms with Crippen LogP contribution < -0.4 is 14.5 Å². The number of carbonyl (C=O) groups excluding carboxylic acids is 1. The van der Waals surface area contributed by atoms with Crippen molar-refractivity contribution in [1.82, 2.24) is 15.1 Å². The number of aryl methyl sites for hydroxylation is 1. The molecule has 1 amide bonds. The van der Waals surface area contributed by atoms with Crippen LogP contribution >= 0.6 is 11.3 Å². The molecule has 0 unspecified atom stereocenters. The molecule has 15 heteroatoms. The number of anilines is 3. The van der Waals surface area contributed by atoms with Gasteiger partial charge in [-0.05, 0) is 67.8 Å². The van der Waals surface area contributed by atoms with Gasteiger partial charge in [0.15, 0.2) is 0 Å². The van der Waals surface area contributed by atoms with Crippen molar-refractivity contribution >= 4 is 43.8 Å². The maximum atomic E-state index is 13.7. The molecule has 2 aliphatic rings. The number of piperazine rings is 1. The molecule has 1 saturated heterocycles. The molecule has 1 atom stereocenters. The molecule has 216 valence electrons. The standard InChI is InChI=1S/C25H26F4N6O3S2.H2/c1-16(35-10-2-3-17-15-18(26)4-9-21(17)35)22(36)34-13-11-33(12-14-34)19-5-7-20(8-6-19)40(37,38)32-24-31-30-23(39-24)25(27,28)29;/h4-9,15-16H,2-3,10-14H2,1H3,(H,31,32);1H/t16-;/m0./s1. The smallest absolute Gasteiger partial charge is 0.368 e. The fourth-order valence-corrected chi connectivity index (χ4v) is 6.81. The zero-order chi connectivity index (χ0) is 28.7. The Balaban J connectivity index is 0.00000387. The molecule has 5 rings (SSSR count). The van der Waals surface area contributed by atoms with Crippen LogP contribution in [0.15, 0.2) is 47.4 Å². The summed E-state index contributed by atoms with van der Waals surface area (Å²) in [5, 5.41) is 4.51. The topological polar surface area (TPSA) is 98.7 Å². The fraction of sp³-hybridized carbons (Fsp3) is 0.400. The summed E-state index contributed by atoms with van der Waals surface area (Å²) < 4.78 is 79.1. The zero-order valence-corrected chi connectivity index (χ0v) is 23.0. The number of alkyl halides is 3. The van der Waals surface area contributed by atoms with Gasteiger partial charge in [0.2, 0.25) is 16.0 Å². The number of aromatic nitrogens is 2. The van der Waals surface area contributed by atoms with Gasteiger partial charge in [-0.15, -0.1) is 10.2 Å². The third-order valence-electron chi connectivity index (χ3n) is 7.01. The van der Waals surface area contributed by atoms with Crippen molar-refractivity contribution in [2.24, 2.45) is 0 Å². The van der Waals surface area contributed by atoms with E-state index in [1.54, 1.807) is 23.1 Å². The molecule has 1 aromatic heterocycles. The zero-order valence-electron chi connectivity index (χ0n) is 21.4. The summed E-state index contributed by atoms with van der Waals surface area (Å²) in [4.78, 5) is 19.1. The highest BCUT2D eigenvalue weighted by Gasteiger charge is 2.36. The van der Waals surface area contributed by atoms with E-state index in [0.29, 0.717) is 26.2 Å². The van der Waals surface area contributed by atoms with E-state index in [1.165, 1.54) is 24.3 Å². The fourth-order valence-electron chi connectivity index (χ4n) is 4.97. The van der Waals surface area contributed by atoms with Gasteiger partial charge in [-0.1, -0.05) is 11.3 Å². The number of rotatable bonds is 6. The molecular formula is C25H28F4N6O3S2. The highest BCUT2D eigenvalue weighted by atomic mass is 32.2. The first-order valence-electron chi connectivity index (χ1n) is 12.5. The van der Waals surface area contributed by atoms with Crippen LogP contribution in [-0.2, 0) is 27.4 Å². The molecule has 0 bridgehead atoms. The van der Waals surface area contributed by atoms with E-state index in [0.717, 1.165) is 36.3 Å². The molecule has 2 aromatic carbocycles. The number of fused-ring (bicyclic) bond motifs is 1. The van der Waals surface area contributed by atoms with Gasteiger partial charge in [0.05, 0.1) is 4.90 Å². The molecule has 0 saturated carbocycles. The second kappa shape index (κ2) is 10.8. The molecule has 3 heterocycles. The van der Waals surface area contributed by atoms with Gasteiger partial charge in [0.1, 0.15) is 11.9 Å². The van der Waals surface area contributed by atoms with E-state index >= 15 is 0 Å². The van der Waals surface area contributed by atoms with E-state index in [2.05, 4.69) is 10.2 Å². The van der Waals surface area contributed by atoms with Gasteiger partial charge in [0, 0.05) is 45.5 Å². The third kappa shape index (κ3) is 5.84. The molecule has 0 radical (unpaired) electrons. The van der Waals surface area contributed by atoms with Crippen LogP contribution in [0.5, 0.6) is 0 Å². The molecular weight excluding hydrogens is 572 g/mol. The SMILES string of the molecule is C[C@@H](C(=O)N1CCN(c2ccc(S(=O)(=O)Nc3nnc(C(F)(F)F)s3)cc2)CC1)N1CCCc2cc(F)ccc21.[HH]. The highest BCUT2D eigenvalue weighted by molar-refractivity contribution is 7.93. The normalized spacial score (nSPS) is 17.0. The van der Waals surface area contributed by atoms with Crippen molar-refractivity contribution in [3.8, 4) is 0 Å². The van der Waals surface area contributed by atoms with E-state index in [4.69, 9.17) is 0 Å². The predicted octanol–water partition coefficient (Wildman–Crippen LogP) is 4.23.